The normalized spacial score (nSPS) is 10.4. The van der Waals surface area contributed by atoms with Gasteiger partial charge in [-0.25, -0.2) is 0 Å². The summed E-state index contributed by atoms with van der Waals surface area (Å²) < 4.78 is 4.26. The second-order valence-electron chi connectivity index (χ2n) is 1.63. The molecule has 0 atom stereocenters. The van der Waals surface area contributed by atoms with Crippen molar-refractivity contribution in [3.05, 3.63) is 0 Å². The topological polar surface area (TPSA) is 32.7 Å². The van der Waals surface area contributed by atoms with E-state index < -0.39 is 0 Å². The zero-order valence-electron chi connectivity index (χ0n) is 5.29. The summed E-state index contributed by atoms with van der Waals surface area (Å²) in [6.45, 7) is 1.43. The molecule has 4 radical (unpaired) electrons. The molecule has 0 bridgehead atoms. The Bertz CT molecular complexity index is 64.5. The van der Waals surface area contributed by atoms with Gasteiger partial charge in [-0.05, 0) is 0 Å². The third-order valence-corrected chi connectivity index (χ3v) is 0.884. The molecule has 9 heavy (non-hydrogen) atoms. The van der Waals surface area contributed by atoms with Gasteiger partial charge in [-0.3, -0.25) is 0 Å². The molecule has 5 heteroatoms. The molecule has 0 spiro atoms. The molecule has 48 valence electrons. The molecular formula is C4H9B2NO2. The Kier molecular flexibility index (Phi) is 6.14. The largest absolute Gasteiger partial charge is 0.446 e. The molecule has 0 unspecified atom stereocenters. The summed E-state index contributed by atoms with van der Waals surface area (Å²) in [6, 6.07) is 0. The molecule has 0 amide bonds. The van der Waals surface area contributed by atoms with Crippen LogP contribution in [0.5, 0.6) is 0 Å². The number of nitrogens with zero attached hydrogens (tertiary/aromatic N) is 1. The maximum atomic E-state index is 8.34. The summed E-state index contributed by atoms with van der Waals surface area (Å²) in [5.74, 6) is 0. The fraction of sp³-hybridized carbons (Fsp3) is 1.00. The van der Waals surface area contributed by atoms with Crippen LogP contribution in [0.25, 0.3) is 0 Å². The average molecular weight is 125 g/mol. The Hall–Kier alpha value is 0.00987. The van der Waals surface area contributed by atoms with Gasteiger partial charge in [0.25, 0.3) is 8.05 Å². The zero-order chi connectivity index (χ0) is 7.11. The first-order valence-corrected chi connectivity index (χ1v) is 2.73. The minimum absolute atomic E-state index is 0.0566. The van der Waals surface area contributed by atoms with E-state index >= 15 is 0 Å². The summed E-state index contributed by atoms with van der Waals surface area (Å²) in [5.41, 5.74) is 0. The van der Waals surface area contributed by atoms with Gasteiger partial charge in [0.15, 0.2) is 7.98 Å². The molecular weight excluding hydrogens is 116 g/mol. The quantitative estimate of drug-likeness (QED) is 0.452. The Morgan fingerprint density at radius 1 is 1.44 bits per heavy atom. The van der Waals surface area contributed by atoms with Gasteiger partial charge in [0.05, 0.1) is 6.61 Å². The molecule has 0 saturated carbocycles. The van der Waals surface area contributed by atoms with Crippen LogP contribution in [0.15, 0.2) is 0 Å². The Balaban J connectivity index is 2.95. The van der Waals surface area contributed by atoms with Crippen molar-refractivity contribution in [1.29, 1.82) is 0 Å². The van der Waals surface area contributed by atoms with E-state index in [4.69, 9.17) is 21.1 Å². The first kappa shape index (κ1) is 9.01. The van der Waals surface area contributed by atoms with E-state index in [-0.39, 0.29) is 6.61 Å². The lowest BCUT2D eigenvalue weighted by Crippen LogP contribution is -2.27. The van der Waals surface area contributed by atoms with Crippen molar-refractivity contribution in [2.24, 2.45) is 0 Å². The zero-order valence-corrected chi connectivity index (χ0v) is 5.29. The lowest BCUT2D eigenvalue weighted by atomic mass is 10.3. The third kappa shape index (κ3) is 5.89. The van der Waals surface area contributed by atoms with Crippen LogP contribution in [0.4, 0.5) is 0 Å². The summed E-state index contributed by atoms with van der Waals surface area (Å²) in [7, 11) is 10.0. The van der Waals surface area contributed by atoms with Crippen LogP contribution in [0.3, 0.4) is 0 Å². The van der Waals surface area contributed by atoms with Gasteiger partial charge in [-0.1, -0.05) is 0 Å². The number of hydrogen-bond donors (Lipinski definition) is 1. The molecule has 0 aliphatic rings. The van der Waals surface area contributed by atoms with Crippen molar-refractivity contribution in [1.82, 2.24) is 4.81 Å². The smallest absolute Gasteiger partial charge is 0.282 e. The van der Waals surface area contributed by atoms with Gasteiger partial charge < -0.3 is 14.6 Å². The van der Waals surface area contributed by atoms with E-state index in [1.165, 1.54) is 4.81 Å². The molecule has 0 aromatic heterocycles. The van der Waals surface area contributed by atoms with Gasteiger partial charge in [-0.2, -0.15) is 0 Å². The van der Waals surface area contributed by atoms with Crippen LogP contribution >= 0.6 is 0 Å². The summed E-state index contributed by atoms with van der Waals surface area (Å²) in [5, 5.41) is 8.34. The van der Waals surface area contributed by atoms with Crippen LogP contribution in [0.1, 0.15) is 0 Å². The van der Waals surface area contributed by atoms with E-state index in [2.05, 4.69) is 4.65 Å². The number of aliphatic hydroxyl groups is 1. The van der Waals surface area contributed by atoms with E-state index in [0.717, 1.165) is 0 Å². The highest BCUT2D eigenvalue weighted by molar-refractivity contribution is 6.04. The predicted molar refractivity (Wildman–Crippen MR) is 36.1 cm³/mol. The maximum Gasteiger partial charge on any atom is 0.282 e. The van der Waals surface area contributed by atoms with E-state index in [1.807, 2.05) is 0 Å². The van der Waals surface area contributed by atoms with Crippen molar-refractivity contribution in [3.63, 3.8) is 0 Å². The van der Waals surface area contributed by atoms with Crippen molar-refractivity contribution in [3.8, 4) is 0 Å². The minimum atomic E-state index is 0.0566. The van der Waals surface area contributed by atoms with Crippen LogP contribution in [0.2, 0.25) is 0 Å². The number of rotatable bonds is 5. The lowest BCUT2D eigenvalue weighted by molar-refractivity contribution is 0.236. The van der Waals surface area contributed by atoms with E-state index in [9.17, 15) is 0 Å². The number of hydrogen-bond acceptors (Lipinski definition) is 3. The second kappa shape index (κ2) is 6.13. The fourth-order valence-electron chi connectivity index (χ4n) is 0.410. The Morgan fingerprint density at radius 2 is 2.11 bits per heavy atom. The Labute approximate surface area is 57.9 Å². The second-order valence-corrected chi connectivity index (χ2v) is 1.63. The highest BCUT2D eigenvalue weighted by Gasteiger charge is 1.92. The van der Waals surface area contributed by atoms with Gasteiger partial charge >= 0.3 is 0 Å². The van der Waals surface area contributed by atoms with E-state index in [0.29, 0.717) is 19.7 Å². The van der Waals surface area contributed by atoms with Crippen LogP contribution in [-0.4, -0.2) is 52.3 Å². The van der Waals surface area contributed by atoms with Crippen molar-refractivity contribution < 1.29 is 9.76 Å². The summed E-state index contributed by atoms with van der Waals surface area (Å²) >= 11 is 0. The molecule has 0 rings (SSSR count). The van der Waals surface area contributed by atoms with Crippen LogP contribution < -0.4 is 0 Å². The first-order chi connectivity index (χ1) is 4.31. The molecule has 0 aliphatic carbocycles. The highest BCUT2D eigenvalue weighted by Crippen LogP contribution is 1.77. The fourth-order valence-corrected chi connectivity index (χ4v) is 0.410. The van der Waals surface area contributed by atoms with E-state index in [1.54, 1.807) is 0 Å². The van der Waals surface area contributed by atoms with Crippen molar-refractivity contribution in [2.75, 3.05) is 26.3 Å². The van der Waals surface area contributed by atoms with Crippen molar-refractivity contribution >= 4 is 16.0 Å². The third-order valence-electron chi connectivity index (χ3n) is 0.884. The highest BCUT2D eigenvalue weighted by atomic mass is 16.4. The molecule has 3 nitrogen and oxygen atoms in total. The van der Waals surface area contributed by atoms with Gasteiger partial charge in [0, 0.05) is 19.7 Å². The molecule has 1 N–H and O–H groups in total. The van der Waals surface area contributed by atoms with Crippen LogP contribution in [-0.2, 0) is 4.65 Å². The summed E-state index contributed by atoms with van der Waals surface area (Å²) in [6.07, 6.45) is 0. The van der Waals surface area contributed by atoms with Crippen molar-refractivity contribution in [2.45, 2.75) is 0 Å². The monoisotopic (exact) mass is 125 g/mol. The van der Waals surface area contributed by atoms with Gasteiger partial charge in [0.1, 0.15) is 0 Å². The summed E-state index contributed by atoms with van der Waals surface area (Å²) in [4.78, 5) is 1.44. The average Bonchev–Trinajstić information content (AvgIpc) is 1.85. The van der Waals surface area contributed by atoms with Crippen LogP contribution in [0, 0.1) is 0 Å². The molecule has 0 aromatic carbocycles. The standard InChI is InChI=1S/C4H9B2NO2/c5-7(1-3-8)2-4-9-6/h8H,1-4H2. The molecule has 0 aromatic rings. The molecule has 0 saturated heterocycles. The van der Waals surface area contributed by atoms with Gasteiger partial charge in [-0.15, -0.1) is 0 Å². The lowest BCUT2D eigenvalue weighted by Gasteiger charge is -2.14. The SMILES string of the molecule is [B]OCCN([B])CCO. The van der Waals surface area contributed by atoms with Gasteiger partial charge in [0.2, 0.25) is 0 Å². The maximum absolute atomic E-state index is 8.34. The molecule has 0 fully saturated rings. The Morgan fingerprint density at radius 3 is 2.56 bits per heavy atom. The number of aliphatic hydroxyl groups excluding tert-OH is 1. The molecule has 0 heterocycles. The first-order valence-electron chi connectivity index (χ1n) is 2.73. The predicted octanol–water partition coefficient (Wildman–Crippen LogP) is -1.54. The molecule has 0 aliphatic heterocycles. The minimum Gasteiger partial charge on any atom is -0.446 e.